The number of benzene rings is 1. The van der Waals surface area contributed by atoms with E-state index in [0.29, 0.717) is 5.02 Å². The van der Waals surface area contributed by atoms with Gasteiger partial charge in [-0.2, -0.15) is 9.57 Å². The molecule has 0 unspecified atom stereocenters. The molecular weight excluding hydrogens is 310 g/mol. The molecule has 0 saturated heterocycles. The molecule has 0 aliphatic carbocycles. The van der Waals surface area contributed by atoms with Crippen LogP contribution in [0.2, 0.25) is 5.02 Å². The third-order valence-electron chi connectivity index (χ3n) is 2.85. The molecule has 5 nitrogen and oxygen atoms in total. The lowest BCUT2D eigenvalue weighted by atomic mass is 10.2. The maximum atomic E-state index is 12.4. The number of nitriles is 1. The van der Waals surface area contributed by atoms with Crippen molar-refractivity contribution in [1.29, 1.82) is 5.26 Å². The molecule has 0 spiro atoms. The first kappa shape index (κ1) is 15.4. The number of rotatable bonds is 4. The topological polar surface area (TPSA) is 74.1 Å². The van der Waals surface area contributed by atoms with Crippen molar-refractivity contribution in [2.45, 2.75) is 11.4 Å². The molecule has 2 aromatic rings. The van der Waals surface area contributed by atoms with Crippen molar-refractivity contribution in [3.05, 3.63) is 58.9 Å². The zero-order valence-corrected chi connectivity index (χ0v) is 12.8. The summed E-state index contributed by atoms with van der Waals surface area (Å²) >= 11 is 5.88. The zero-order valence-electron chi connectivity index (χ0n) is 11.2. The quantitative estimate of drug-likeness (QED) is 0.866. The summed E-state index contributed by atoms with van der Waals surface area (Å²) in [4.78, 5) is 3.83. The van der Waals surface area contributed by atoms with Crippen molar-refractivity contribution in [2.24, 2.45) is 0 Å². The van der Waals surface area contributed by atoms with Gasteiger partial charge >= 0.3 is 0 Å². The Kier molecular flexibility index (Phi) is 4.58. The number of nitrogens with zero attached hydrogens (tertiary/aromatic N) is 3. The molecule has 0 saturated carbocycles. The molecule has 0 radical (unpaired) electrons. The Morgan fingerprint density at radius 3 is 2.67 bits per heavy atom. The van der Waals surface area contributed by atoms with E-state index in [0.717, 1.165) is 5.56 Å². The first-order chi connectivity index (χ1) is 9.93. The van der Waals surface area contributed by atoms with E-state index >= 15 is 0 Å². The average molecular weight is 322 g/mol. The normalized spacial score (nSPS) is 11.3. The highest BCUT2D eigenvalue weighted by molar-refractivity contribution is 7.89. The summed E-state index contributed by atoms with van der Waals surface area (Å²) in [6.07, 6.45) is 1.18. The summed E-state index contributed by atoms with van der Waals surface area (Å²) in [7, 11) is -2.18. The largest absolute Gasteiger partial charge is 0.244 e. The van der Waals surface area contributed by atoms with E-state index in [1.54, 1.807) is 24.3 Å². The molecule has 108 valence electrons. The smallest absolute Gasteiger partial charge is 0.244 e. The Morgan fingerprint density at radius 2 is 2.10 bits per heavy atom. The molecular formula is C14H12ClN3O2S. The summed E-state index contributed by atoms with van der Waals surface area (Å²) < 4.78 is 26.0. The number of sulfonamides is 1. The van der Waals surface area contributed by atoms with Gasteiger partial charge in [-0.1, -0.05) is 23.7 Å². The van der Waals surface area contributed by atoms with Crippen LogP contribution < -0.4 is 0 Å². The SMILES string of the molecule is CN(Cc1cccc(Cl)c1)S(=O)(=O)c1ccc(C#N)nc1. The van der Waals surface area contributed by atoms with Crippen LogP contribution in [-0.4, -0.2) is 24.8 Å². The van der Waals surface area contributed by atoms with Crippen LogP contribution in [0.15, 0.2) is 47.5 Å². The minimum Gasteiger partial charge on any atom is -0.244 e. The van der Waals surface area contributed by atoms with E-state index < -0.39 is 10.0 Å². The van der Waals surface area contributed by atoms with Gasteiger partial charge in [0.25, 0.3) is 0 Å². The van der Waals surface area contributed by atoms with Crippen LogP contribution in [0.4, 0.5) is 0 Å². The van der Waals surface area contributed by atoms with Crippen molar-refractivity contribution in [3.8, 4) is 6.07 Å². The van der Waals surface area contributed by atoms with Gasteiger partial charge in [0.1, 0.15) is 16.7 Å². The standard InChI is InChI=1S/C14H12ClN3O2S/c1-18(10-11-3-2-4-12(15)7-11)21(19,20)14-6-5-13(8-16)17-9-14/h2-7,9H,10H2,1H3. The maximum Gasteiger partial charge on any atom is 0.244 e. The second kappa shape index (κ2) is 6.22. The van der Waals surface area contributed by atoms with E-state index in [1.165, 1.54) is 29.7 Å². The molecule has 1 aromatic carbocycles. The fraction of sp³-hybridized carbons (Fsp3) is 0.143. The lowest BCUT2D eigenvalue weighted by molar-refractivity contribution is 0.466. The lowest BCUT2D eigenvalue weighted by Gasteiger charge is -2.17. The molecule has 0 fully saturated rings. The fourth-order valence-electron chi connectivity index (χ4n) is 1.76. The molecule has 7 heteroatoms. The minimum absolute atomic E-state index is 0.0472. The zero-order chi connectivity index (χ0) is 15.5. The molecule has 0 atom stereocenters. The summed E-state index contributed by atoms with van der Waals surface area (Å²) in [5.41, 5.74) is 0.960. The predicted molar refractivity (Wildman–Crippen MR) is 79.1 cm³/mol. The summed E-state index contributed by atoms with van der Waals surface area (Å²) in [6, 6.07) is 11.6. The molecule has 1 aromatic heterocycles. The Labute approximate surface area is 128 Å². The van der Waals surface area contributed by atoms with Crippen LogP contribution in [-0.2, 0) is 16.6 Å². The molecule has 1 heterocycles. The minimum atomic E-state index is -3.66. The second-order valence-corrected chi connectivity index (χ2v) is 6.86. The number of hydrogen-bond acceptors (Lipinski definition) is 4. The molecule has 0 amide bonds. The van der Waals surface area contributed by atoms with Crippen LogP contribution in [0.25, 0.3) is 0 Å². The molecule has 0 aliphatic rings. The number of pyridine rings is 1. The summed E-state index contributed by atoms with van der Waals surface area (Å²) in [5.74, 6) is 0. The molecule has 0 aliphatic heterocycles. The first-order valence-corrected chi connectivity index (χ1v) is 7.82. The van der Waals surface area contributed by atoms with Gasteiger partial charge in [0, 0.05) is 24.8 Å². The van der Waals surface area contributed by atoms with Gasteiger partial charge in [0.2, 0.25) is 10.0 Å². The van der Waals surface area contributed by atoms with Crippen molar-refractivity contribution < 1.29 is 8.42 Å². The second-order valence-electron chi connectivity index (χ2n) is 4.38. The summed E-state index contributed by atoms with van der Waals surface area (Å²) in [5, 5.41) is 9.23. The van der Waals surface area contributed by atoms with E-state index in [-0.39, 0.29) is 17.1 Å². The van der Waals surface area contributed by atoms with E-state index in [4.69, 9.17) is 16.9 Å². The highest BCUT2D eigenvalue weighted by Crippen LogP contribution is 2.18. The third-order valence-corrected chi connectivity index (χ3v) is 4.88. The van der Waals surface area contributed by atoms with E-state index in [2.05, 4.69) is 4.98 Å². The number of hydrogen-bond donors (Lipinski definition) is 0. The molecule has 2 rings (SSSR count). The number of halogens is 1. The Balaban J connectivity index is 2.24. The van der Waals surface area contributed by atoms with Crippen molar-refractivity contribution in [1.82, 2.24) is 9.29 Å². The van der Waals surface area contributed by atoms with E-state index in [9.17, 15) is 8.42 Å². The number of aromatic nitrogens is 1. The Bertz CT molecular complexity index is 783. The maximum absolute atomic E-state index is 12.4. The van der Waals surface area contributed by atoms with Crippen LogP contribution in [0.5, 0.6) is 0 Å². The highest BCUT2D eigenvalue weighted by Gasteiger charge is 2.21. The van der Waals surface area contributed by atoms with Gasteiger partial charge in [-0.05, 0) is 29.8 Å². The molecule has 0 bridgehead atoms. The Hall–Kier alpha value is -1.94. The van der Waals surface area contributed by atoms with E-state index in [1.807, 2.05) is 6.07 Å². The predicted octanol–water partition coefficient (Wildman–Crippen LogP) is 2.43. The third kappa shape index (κ3) is 3.58. The van der Waals surface area contributed by atoms with Gasteiger partial charge in [0.05, 0.1) is 0 Å². The fourth-order valence-corrected chi connectivity index (χ4v) is 3.07. The van der Waals surface area contributed by atoms with Crippen LogP contribution in [0, 0.1) is 11.3 Å². The monoisotopic (exact) mass is 321 g/mol. The average Bonchev–Trinajstić information content (AvgIpc) is 2.47. The van der Waals surface area contributed by atoms with Crippen molar-refractivity contribution >= 4 is 21.6 Å². The Morgan fingerprint density at radius 1 is 1.33 bits per heavy atom. The van der Waals surface area contributed by atoms with Crippen LogP contribution in [0.1, 0.15) is 11.3 Å². The van der Waals surface area contributed by atoms with Crippen LogP contribution in [0.3, 0.4) is 0 Å². The highest BCUT2D eigenvalue weighted by atomic mass is 35.5. The van der Waals surface area contributed by atoms with Crippen molar-refractivity contribution in [2.75, 3.05) is 7.05 Å². The lowest BCUT2D eigenvalue weighted by Crippen LogP contribution is -2.26. The van der Waals surface area contributed by atoms with Gasteiger partial charge < -0.3 is 0 Å². The van der Waals surface area contributed by atoms with Gasteiger partial charge in [-0.3, -0.25) is 0 Å². The molecule has 0 N–H and O–H groups in total. The van der Waals surface area contributed by atoms with Gasteiger partial charge in [0.15, 0.2) is 0 Å². The molecule has 21 heavy (non-hydrogen) atoms. The first-order valence-electron chi connectivity index (χ1n) is 6.00. The van der Waals surface area contributed by atoms with Crippen molar-refractivity contribution in [3.63, 3.8) is 0 Å². The van der Waals surface area contributed by atoms with Crippen LogP contribution >= 0.6 is 11.6 Å². The summed E-state index contributed by atoms with van der Waals surface area (Å²) in [6.45, 7) is 0.197. The van der Waals surface area contributed by atoms with Gasteiger partial charge in [-0.25, -0.2) is 13.4 Å². The van der Waals surface area contributed by atoms with Gasteiger partial charge in [-0.15, -0.1) is 0 Å².